The second kappa shape index (κ2) is 9.43. The van der Waals surface area contributed by atoms with Gasteiger partial charge in [-0.2, -0.15) is 11.1 Å². The fourth-order valence-corrected chi connectivity index (χ4v) is 6.52. The van der Waals surface area contributed by atoms with E-state index in [-0.39, 0.29) is 46.5 Å². The molecule has 0 fully saturated rings. The van der Waals surface area contributed by atoms with E-state index >= 15 is 0 Å². The van der Waals surface area contributed by atoms with Gasteiger partial charge in [0.15, 0.2) is 8.11 Å². The van der Waals surface area contributed by atoms with Crippen molar-refractivity contribution in [2.75, 3.05) is 0 Å². The van der Waals surface area contributed by atoms with Gasteiger partial charge in [0.1, 0.15) is 0 Å². The van der Waals surface area contributed by atoms with Crippen LogP contribution in [0.3, 0.4) is 0 Å². The van der Waals surface area contributed by atoms with Crippen LogP contribution in [0.2, 0.25) is 6.04 Å². The molecule has 0 nitrogen and oxygen atoms in total. The average molecular weight is 428 g/mol. The van der Waals surface area contributed by atoms with Gasteiger partial charge in [-0.05, 0) is 34.7 Å². The minimum Gasteiger partial charge on any atom is -1.00 e. The fraction of sp³-hybridized carbons (Fsp3) is 0.158. The fourth-order valence-electron chi connectivity index (χ4n) is 3.57. The molecule has 0 aliphatic heterocycles. The minimum absolute atomic E-state index is 0. The topological polar surface area (TPSA) is 0 Å². The molecule has 5 heteroatoms. The smallest absolute Gasteiger partial charge is 1.00 e. The van der Waals surface area contributed by atoms with E-state index in [0.717, 1.165) is 12.5 Å². The van der Waals surface area contributed by atoms with Crippen LogP contribution in [-0.4, -0.2) is 8.11 Å². The molecule has 2 aromatic carbocycles. The second-order valence-electron chi connectivity index (χ2n) is 5.80. The number of hydrogen-bond acceptors (Lipinski definition) is 0. The van der Waals surface area contributed by atoms with E-state index in [1.54, 1.807) is 0 Å². The Morgan fingerprint density at radius 3 is 1.96 bits per heavy atom. The summed E-state index contributed by atoms with van der Waals surface area (Å²) in [5.41, 5.74) is 5.72. The number of allylic oxidation sites excluding steroid dienone is 4. The number of benzene rings is 2. The van der Waals surface area contributed by atoms with E-state index in [1.165, 1.54) is 27.5 Å². The van der Waals surface area contributed by atoms with Gasteiger partial charge in [-0.15, -0.1) is 0 Å². The first-order chi connectivity index (χ1) is 10.3. The Hall–Kier alpha value is -0.279. The normalized spacial score (nSPS) is 15.3. The molecule has 0 saturated carbocycles. The van der Waals surface area contributed by atoms with Crippen LogP contribution in [0.25, 0.3) is 11.1 Å². The molecule has 0 spiro atoms. The van der Waals surface area contributed by atoms with Crippen molar-refractivity contribution in [3.05, 3.63) is 83.1 Å². The first kappa shape index (κ1) is 21.8. The molecule has 2 aliphatic carbocycles. The van der Waals surface area contributed by atoms with Gasteiger partial charge in [-0.3, -0.25) is 0 Å². The van der Waals surface area contributed by atoms with E-state index in [1.807, 2.05) is 0 Å². The summed E-state index contributed by atoms with van der Waals surface area (Å²) >= 11 is 6.83. The molecule has 0 radical (unpaired) electrons. The van der Waals surface area contributed by atoms with Crippen molar-refractivity contribution in [2.45, 2.75) is 18.4 Å². The quantitative estimate of drug-likeness (QED) is 0.444. The van der Waals surface area contributed by atoms with Gasteiger partial charge in [-0.1, -0.05) is 72.0 Å². The number of halogens is 3. The average Bonchev–Trinajstić information content (AvgIpc) is 3.15. The zero-order valence-corrected chi connectivity index (χ0v) is 18.0. The monoisotopic (exact) mass is 426 g/mol. The van der Waals surface area contributed by atoms with Crippen molar-refractivity contribution in [3.8, 4) is 11.1 Å². The Kier molecular flexibility index (Phi) is 8.55. The maximum absolute atomic E-state index is 6.83. The van der Waals surface area contributed by atoms with Gasteiger partial charge in [0.05, 0.1) is 0 Å². The maximum Gasteiger partial charge on any atom is 2.00 e. The molecule has 122 valence electrons. The molecule has 0 heterocycles. The molecule has 2 aliphatic rings. The summed E-state index contributed by atoms with van der Waals surface area (Å²) in [5.74, 6) is 0.480. The molecule has 1 atom stereocenters. The standard InChI is InChI=1S/C19H17ClSi.2ClH.Ti/c20-21(14-7-1-2-8-14)13-19-17-11-5-3-9-15(17)16-10-4-6-12-18(16)19;;;/h1-7,9-12,19,21H,8,13H2;2*1H;/q;;;+2/p-2. The number of fused-ring (bicyclic) bond motifs is 3. The third-order valence-electron chi connectivity index (χ3n) is 4.61. The van der Waals surface area contributed by atoms with Crippen molar-refractivity contribution in [3.63, 3.8) is 0 Å². The molecule has 0 aromatic heterocycles. The summed E-state index contributed by atoms with van der Waals surface area (Å²) < 4.78 is 0. The summed E-state index contributed by atoms with van der Waals surface area (Å²) in [6.45, 7) is 0. The Morgan fingerprint density at radius 2 is 1.46 bits per heavy atom. The van der Waals surface area contributed by atoms with Crippen LogP contribution in [-0.2, 0) is 21.7 Å². The molecular weight excluding hydrogens is 411 g/mol. The second-order valence-corrected chi connectivity index (χ2v) is 9.53. The van der Waals surface area contributed by atoms with Crippen LogP contribution < -0.4 is 24.8 Å². The predicted molar refractivity (Wildman–Crippen MR) is 93.4 cm³/mol. The molecule has 1 unspecified atom stereocenters. The molecule has 0 saturated heterocycles. The molecular formula is C19H17Cl3SiTi. The van der Waals surface area contributed by atoms with Gasteiger partial charge in [0, 0.05) is 5.92 Å². The third kappa shape index (κ3) is 3.93. The van der Waals surface area contributed by atoms with Gasteiger partial charge in [0.25, 0.3) is 0 Å². The largest absolute Gasteiger partial charge is 2.00 e. The van der Waals surface area contributed by atoms with E-state index in [0.29, 0.717) is 5.92 Å². The van der Waals surface area contributed by atoms with Gasteiger partial charge >= 0.3 is 21.7 Å². The Bertz CT molecular complexity index is 712. The zero-order valence-electron chi connectivity index (χ0n) is 13.1. The third-order valence-corrected chi connectivity index (χ3v) is 8.10. The Balaban J connectivity index is 0.000000960. The van der Waals surface area contributed by atoms with Crippen LogP contribution in [0, 0.1) is 0 Å². The van der Waals surface area contributed by atoms with Gasteiger partial charge in [-0.25, -0.2) is 0 Å². The van der Waals surface area contributed by atoms with E-state index in [9.17, 15) is 0 Å². The summed E-state index contributed by atoms with van der Waals surface area (Å²) in [7, 11) is -1.35. The van der Waals surface area contributed by atoms with Crippen molar-refractivity contribution < 1.29 is 46.5 Å². The zero-order chi connectivity index (χ0) is 14.2. The van der Waals surface area contributed by atoms with Crippen LogP contribution in [0.5, 0.6) is 0 Å². The van der Waals surface area contributed by atoms with Crippen molar-refractivity contribution in [1.82, 2.24) is 0 Å². The van der Waals surface area contributed by atoms with Crippen LogP contribution >= 0.6 is 11.1 Å². The van der Waals surface area contributed by atoms with Crippen LogP contribution in [0.4, 0.5) is 0 Å². The Morgan fingerprint density at radius 1 is 0.917 bits per heavy atom. The van der Waals surface area contributed by atoms with Crippen LogP contribution in [0.15, 0.2) is 72.0 Å². The number of rotatable bonds is 3. The molecule has 0 N–H and O–H groups in total. The maximum atomic E-state index is 6.83. The van der Waals surface area contributed by atoms with E-state index in [2.05, 4.69) is 66.8 Å². The van der Waals surface area contributed by atoms with Crippen molar-refractivity contribution in [1.29, 1.82) is 0 Å². The first-order valence-corrected chi connectivity index (χ1v) is 10.7. The summed E-state index contributed by atoms with van der Waals surface area (Å²) in [5, 5.41) is 1.48. The van der Waals surface area contributed by atoms with Crippen LogP contribution in [0.1, 0.15) is 23.5 Å². The summed E-state index contributed by atoms with van der Waals surface area (Å²) in [6.07, 6.45) is 7.66. The minimum atomic E-state index is -1.35. The predicted octanol–water partition coefficient (Wildman–Crippen LogP) is -0.807. The molecule has 24 heavy (non-hydrogen) atoms. The summed E-state index contributed by atoms with van der Waals surface area (Å²) in [4.78, 5) is 0. The molecule has 4 rings (SSSR count). The van der Waals surface area contributed by atoms with E-state index in [4.69, 9.17) is 11.1 Å². The van der Waals surface area contributed by atoms with Crippen molar-refractivity contribution in [2.24, 2.45) is 0 Å². The van der Waals surface area contributed by atoms with Gasteiger partial charge < -0.3 is 24.8 Å². The Labute approximate surface area is 177 Å². The first-order valence-electron chi connectivity index (χ1n) is 7.52. The molecule has 2 aromatic rings. The SMILES string of the molecule is Cl[SiH](CC1c2ccccc2-c2ccccc21)C1=CC=CC1.[Cl-].[Cl-].[Ti+2]. The molecule has 0 amide bonds. The van der Waals surface area contributed by atoms with Crippen molar-refractivity contribution >= 4 is 19.2 Å². The molecule has 0 bridgehead atoms. The number of hydrogen-bond donors (Lipinski definition) is 0. The van der Waals surface area contributed by atoms with E-state index < -0.39 is 8.11 Å². The van der Waals surface area contributed by atoms with Gasteiger partial charge in [0.2, 0.25) is 0 Å². The summed E-state index contributed by atoms with van der Waals surface area (Å²) in [6, 6.07) is 18.7.